The maximum Gasteiger partial charge on any atom is 0.270 e. The molecule has 7 nitrogen and oxygen atoms in total. The molecule has 0 bridgehead atoms. The largest absolute Gasteiger partial charge is 0.365 e. The van der Waals surface area contributed by atoms with E-state index in [1.165, 1.54) is 35.6 Å². The quantitative estimate of drug-likeness (QED) is 0.532. The smallest absolute Gasteiger partial charge is 0.270 e. The van der Waals surface area contributed by atoms with Gasteiger partial charge in [-0.15, -0.1) is 11.3 Å². The summed E-state index contributed by atoms with van der Waals surface area (Å²) in [4.78, 5) is 36.3. The number of benzene rings is 1. The number of carbonyl (C=O) groups is 2. The molecule has 1 aromatic carbocycles. The second-order valence-corrected chi connectivity index (χ2v) is 9.22. The highest BCUT2D eigenvalue weighted by molar-refractivity contribution is 7.17. The molecular weight excluding hydrogens is 390 g/mol. The molecule has 3 rings (SSSR count). The summed E-state index contributed by atoms with van der Waals surface area (Å²) >= 11 is 1.39. The third kappa shape index (κ3) is 4.17. The summed E-state index contributed by atoms with van der Waals surface area (Å²) in [5.41, 5.74) is 7.13. The molecule has 1 aromatic heterocycles. The van der Waals surface area contributed by atoms with Crippen molar-refractivity contribution in [1.29, 1.82) is 0 Å². The number of thiophene rings is 1. The molecule has 0 saturated carbocycles. The van der Waals surface area contributed by atoms with Crippen molar-refractivity contribution in [1.82, 2.24) is 0 Å². The van der Waals surface area contributed by atoms with E-state index in [1.807, 2.05) is 0 Å². The van der Waals surface area contributed by atoms with Crippen molar-refractivity contribution in [2.75, 3.05) is 5.32 Å². The van der Waals surface area contributed by atoms with Crippen LogP contribution in [-0.2, 0) is 12.8 Å². The van der Waals surface area contributed by atoms with Gasteiger partial charge in [-0.3, -0.25) is 19.7 Å². The lowest BCUT2D eigenvalue weighted by atomic mass is 9.69. The monoisotopic (exact) mass is 415 g/mol. The van der Waals surface area contributed by atoms with Crippen molar-refractivity contribution in [3.8, 4) is 0 Å². The van der Waals surface area contributed by atoms with E-state index >= 15 is 0 Å². The fourth-order valence-electron chi connectivity index (χ4n) is 3.83. The van der Waals surface area contributed by atoms with E-state index in [-0.39, 0.29) is 16.7 Å². The van der Waals surface area contributed by atoms with E-state index in [0.29, 0.717) is 16.5 Å². The minimum absolute atomic E-state index is 0.158. The van der Waals surface area contributed by atoms with Gasteiger partial charge in [0.2, 0.25) is 0 Å². The maximum atomic E-state index is 12.7. The van der Waals surface area contributed by atoms with Crippen LogP contribution in [0.5, 0.6) is 0 Å². The predicted octanol–water partition coefficient (Wildman–Crippen LogP) is 4.55. The number of nitrogens with two attached hydrogens (primary N) is 1. The molecule has 2 aromatic rings. The average molecular weight is 416 g/mol. The molecule has 1 aliphatic carbocycles. The fraction of sp³-hybridized carbons (Fsp3) is 0.429. The Morgan fingerprint density at radius 2 is 2.10 bits per heavy atom. The third-order valence-corrected chi connectivity index (χ3v) is 7.24. The highest BCUT2D eigenvalue weighted by atomic mass is 32.1. The molecule has 1 unspecified atom stereocenters. The Balaban J connectivity index is 1.91. The Hall–Kier alpha value is -2.74. The van der Waals surface area contributed by atoms with E-state index in [0.717, 1.165) is 36.1 Å². The molecule has 3 N–H and O–H groups in total. The molecule has 154 valence electrons. The number of hydrogen-bond acceptors (Lipinski definition) is 5. The Bertz CT molecular complexity index is 980. The molecule has 0 spiro atoms. The van der Waals surface area contributed by atoms with Gasteiger partial charge in [-0.2, -0.15) is 0 Å². The summed E-state index contributed by atoms with van der Waals surface area (Å²) in [7, 11) is 0. The van der Waals surface area contributed by atoms with Gasteiger partial charge in [0.05, 0.1) is 10.5 Å². The molecule has 0 saturated heterocycles. The summed E-state index contributed by atoms with van der Waals surface area (Å²) in [6, 6.07) is 5.50. The first kappa shape index (κ1) is 21.0. The van der Waals surface area contributed by atoms with E-state index in [4.69, 9.17) is 5.73 Å². The topological polar surface area (TPSA) is 115 Å². The number of rotatable bonds is 6. The number of carbonyl (C=O) groups excluding carboxylic acids is 2. The van der Waals surface area contributed by atoms with Gasteiger partial charge in [0, 0.05) is 22.6 Å². The lowest BCUT2D eigenvalue weighted by Crippen LogP contribution is -2.29. The van der Waals surface area contributed by atoms with Crippen molar-refractivity contribution >= 4 is 33.8 Å². The van der Waals surface area contributed by atoms with Crippen LogP contribution in [0.15, 0.2) is 24.3 Å². The summed E-state index contributed by atoms with van der Waals surface area (Å²) in [5, 5.41) is 14.1. The molecule has 0 fully saturated rings. The fourth-order valence-corrected chi connectivity index (χ4v) is 5.15. The van der Waals surface area contributed by atoms with Crippen LogP contribution in [-0.4, -0.2) is 16.7 Å². The summed E-state index contributed by atoms with van der Waals surface area (Å²) in [6.45, 7) is 6.70. The molecule has 1 atom stereocenters. The first-order valence-corrected chi connectivity index (χ1v) is 10.5. The number of nitrogens with zero attached hydrogens (tertiary/aromatic N) is 1. The third-order valence-electron chi connectivity index (χ3n) is 6.07. The number of anilines is 1. The van der Waals surface area contributed by atoms with Crippen LogP contribution in [0.25, 0.3) is 0 Å². The Morgan fingerprint density at radius 1 is 1.38 bits per heavy atom. The highest BCUT2D eigenvalue weighted by Crippen LogP contribution is 2.45. The molecule has 8 heteroatoms. The van der Waals surface area contributed by atoms with Crippen LogP contribution in [0, 0.1) is 21.4 Å². The highest BCUT2D eigenvalue weighted by Gasteiger charge is 2.35. The van der Waals surface area contributed by atoms with Gasteiger partial charge in [-0.25, -0.2) is 0 Å². The van der Waals surface area contributed by atoms with Crippen molar-refractivity contribution in [2.45, 2.75) is 46.5 Å². The van der Waals surface area contributed by atoms with Crippen molar-refractivity contribution in [2.24, 2.45) is 17.1 Å². The summed E-state index contributed by atoms with van der Waals surface area (Å²) < 4.78 is 0. The normalized spacial score (nSPS) is 16.2. The van der Waals surface area contributed by atoms with E-state index in [1.54, 1.807) is 0 Å². The van der Waals surface area contributed by atoms with Crippen LogP contribution >= 0.6 is 11.3 Å². The Labute approximate surface area is 173 Å². The van der Waals surface area contributed by atoms with E-state index < -0.39 is 16.7 Å². The zero-order chi connectivity index (χ0) is 21.3. The van der Waals surface area contributed by atoms with Crippen LogP contribution in [0.1, 0.15) is 64.8 Å². The van der Waals surface area contributed by atoms with Crippen LogP contribution < -0.4 is 11.1 Å². The van der Waals surface area contributed by atoms with Gasteiger partial charge >= 0.3 is 0 Å². The number of non-ortho nitro benzene ring substituents is 1. The summed E-state index contributed by atoms with van der Waals surface area (Å²) in [6.07, 6.45) is 3.65. The number of nitro benzene ring substituents is 1. The predicted molar refractivity (Wildman–Crippen MR) is 113 cm³/mol. The van der Waals surface area contributed by atoms with Crippen LogP contribution in [0.2, 0.25) is 0 Å². The van der Waals surface area contributed by atoms with Crippen LogP contribution in [0.3, 0.4) is 0 Å². The first-order chi connectivity index (χ1) is 13.6. The molecule has 29 heavy (non-hydrogen) atoms. The molecule has 0 radical (unpaired) electrons. The van der Waals surface area contributed by atoms with Gasteiger partial charge < -0.3 is 11.1 Å². The minimum atomic E-state index is -0.565. The molecule has 1 heterocycles. The van der Waals surface area contributed by atoms with Crippen molar-refractivity contribution < 1.29 is 14.5 Å². The number of nitro groups is 1. The first-order valence-electron chi connectivity index (χ1n) is 9.64. The zero-order valence-corrected chi connectivity index (χ0v) is 17.6. The minimum Gasteiger partial charge on any atom is -0.365 e. The van der Waals surface area contributed by atoms with Gasteiger partial charge in [-0.1, -0.05) is 33.3 Å². The van der Waals surface area contributed by atoms with Crippen molar-refractivity contribution in [3.63, 3.8) is 0 Å². The number of amides is 2. The second kappa shape index (κ2) is 7.94. The molecule has 1 aliphatic rings. The van der Waals surface area contributed by atoms with Crippen LogP contribution in [0.4, 0.5) is 10.7 Å². The number of hydrogen-bond donors (Lipinski definition) is 2. The molecular formula is C21H25N3O4S. The molecule has 0 aliphatic heterocycles. The maximum absolute atomic E-state index is 12.7. The lowest BCUT2D eigenvalue weighted by molar-refractivity contribution is -0.384. The number of fused-ring (bicyclic) bond motifs is 1. The summed E-state index contributed by atoms with van der Waals surface area (Å²) in [5.74, 6) is -0.565. The van der Waals surface area contributed by atoms with Gasteiger partial charge in [0.25, 0.3) is 17.5 Å². The zero-order valence-electron chi connectivity index (χ0n) is 16.8. The molecule has 2 amide bonds. The van der Waals surface area contributed by atoms with E-state index in [9.17, 15) is 19.7 Å². The SMILES string of the molecule is CCC(C)(C)C1CCc2c(sc(NC(=O)c3cccc([N+](=O)[O-])c3)c2C(N)=O)C1. The second-order valence-electron chi connectivity index (χ2n) is 8.12. The lowest BCUT2D eigenvalue weighted by Gasteiger charge is -2.36. The Kier molecular flexibility index (Phi) is 5.75. The van der Waals surface area contributed by atoms with Crippen molar-refractivity contribution in [3.05, 3.63) is 55.9 Å². The van der Waals surface area contributed by atoms with Gasteiger partial charge in [0.1, 0.15) is 5.00 Å². The van der Waals surface area contributed by atoms with Gasteiger partial charge in [-0.05, 0) is 42.2 Å². The number of nitrogens with one attached hydrogen (secondary N) is 1. The standard InChI is InChI=1S/C21H25N3O4S/c1-4-21(2,3)13-8-9-15-16(11-13)29-20(17(15)18(22)25)23-19(26)12-6-5-7-14(10-12)24(27)28/h5-7,10,13H,4,8-9,11H2,1-3H3,(H2,22,25)(H,23,26). The average Bonchev–Trinajstić information content (AvgIpc) is 3.05. The van der Waals surface area contributed by atoms with E-state index in [2.05, 4.69) is 26.1 Å². The Morgan fingerprint density at radius 3 is 2.72 bits per heavy atom. The number of primary amides is 1. The van der Waals surface area contributed by atoms with Gasteiger partial charge in [0.15, 0.2) is 0 Å².